The molecule has 1 saturated heterocycles. The molecule has 1 atom stereocenters. The van der Waals surface area contributed by atoms with Gasteiger partial charge < -0.3 is 10.3 Å². The second-order valence-electron chi connectivity index (χ2n) is 14.2. The van der Waals surface area contributed by atoms with Gasteiger partial charge in [-0.2, -0.15) is 0 Å². The van der Waals surface area contributed by atoms with Gasteiger partial charge in [0.05, 0.1) is 17.6 Å². The van der Waals surface area contributed by atoms with Gasteiger partial charge in [-0.3, -0.25) is 4.99 Å². The number of benzene rings is 3. The SMILES string of the molecule is c1cc(-c2ccc(-c3cnc(C4CCCC4)[nH]3)c3c2CC2(CCCC2)C3)ccc1-c1ccc2c(c1)CC([C@@H]1CCCN1)=N2. The van der Waals surface area contributed by atoms with Crippen LogP contribution in [0.1, 0.15) is 92.6 Å². The number of hydrogen-bond donors (Lipinski definition) is 2. The molecule has 1 aromatic heterocycles. The Morgan fingerprint density at radius 3 is 2.26 bits per heavy atom. The molecule has 4 aromatic rings. The average Bonchev–Trinajstić information content (AvgIpc) is 3.88. The Morgan fingerprint density at radius 1 is 0.721 bits per heavy atom. The van der Waals surface area contributed by atoms with Crippen molar-refractivity contribution in [2.45, 2.75) is 95.4 Å². The molecule has 2 saturated carbocycles. The zero-order chi connectivity index (χ0) is 28.4. The van der Waals surface area contributed by atoms with E-state index in [9.17, 15) is 0 Å². The monoisotopic (exact) mass is 566 g/mol. The number of H-pyrrole nitrogens is 1. The minimum absolute atomic E-state index is 0.459. The molecule has 3 aliphatic carbocycles. The molecule has 0 bridgehead atoms. The molecule has 43 heavy (non-hydrogen) atoms. The van der Waals surface area contributed by atoms with Crippen LogP contribution in [-0.4, -0.2) is 28.3 Å². The van der Waals surface area contributed by atoms with Crippen molar-refractivity contribution in [3.8, 4) is 33.5 Å². The standard InChI is InChI=1S/C39H42N4/c1-2-7-27(6-1)38-41-24-37(43-38)31-15-14-30(32-22-39(23-33(31)32)17-3-4-18-39)26-11-9-25(10-12-26)28-13-16-34-29(20-28)21-36(42-34)35-8-5-19-40-35/h9-16,20,24,27,35,40H,1-8,17-19,21-23H2,(H,41,43)/t35-/m0/s1. The number of aliphatic imine (C=N–C) groups is 1. The summed E-state index contributed by atoms with van der Waals surface area (Å²) in [6.45, 7) is 1.12. The van der Waals surface area contributed by atoms with Crippen molar-refractivity contribution in [1.82, 2.24) is 15.3 Å². The molecule has 2 aliphatic heterocycles. The smallest absolute Gasteiger partial charge is 0.109 e. The highest BCUT2D eigenvalue weighted by Gasteiger charge is 2.41. The predicted molar refractivity (Wildman–Crippen MR) is 176 cm³/mol. The zero-order valence-electron chi connectivity index (χ0n) is 25.2. The lowest BCUT2D eigenvalue weighted by atomic mass is 9.82. The molecule has 3 aromatic carbocycles. The number of rotatable bonds is 5. The minimum atomic E-state index is 0.459. The molecule has 0 radical (unpaired) electrons. The Kier molecular flexibility index (Phi) is 6.22. The molecular weight excluding hydrogens is 524 g/mol. The Bertz CT molecular complexity index is 1710. The molecule has 4 heteroatoms. The second kappa shape index (κ2) is 10.3. The van der Waals surface area contributed by atoms with Crippen LogP contribution in [0.3, 0.4) is 0 Å². The van der Waals surface area contributed by atoms with Crippen LogP contribution in [0.5, 0.6) is 0 Å². The number of nitrogens with zero attached hydrogens (tertiary/aromatic N) is 2. The van der Waals surface area contributed by atoms with E-state index < -0.39 is 0 Å². The third-order valence-electron chi connectivity index (χ3n) is 11.5. The third-order valence-corrected chi connectivity index (χ3v) is 11.5. The van der Waals surface area contributed by atoms with Gasteiger partial charge in [-0.05, 0) is 114 Å². The van der Waals surface area contributed by atoms with Crippen molar-refractivity contribution in [2.24, 2.45) is 10.4 Å². The van der Waals surface area contributed by atoms with E-state index in [0.717, 1.165) is 18.7 Å². The van der Waals surface area contributed by atoms with E-state index in [2.05, 4.69) is 71.1 Å². The summed E-state index contributed by atoms with van der Waals surface area (Å²) < 4.78 is 0. The third kappa shape index (κ3) is 4.52. The zero-order valence-corrected chi connectivity index (χ0v) is 25.2. The topological polar surface area (TPSA) is 53.1 Å². The largest absolute Gasteiger partial charge is 0.342 e. The first-order valence-electron chi connectivity index (χ1n) is 17.0. The summed E-state index contributed by atoms with van der Waals surface area (Å²) in [5.74, 6) is 1.82. The van der Waals surface area contributed by atoms with Crippen LogP contribution < -0.4 is 5.32 Å². The van der Waals surface area contributed by atoms with Gasteiger partial charge in [0.1, 0.15) is 5.82 Å². The molecule has 218 valence electrons. The Balaban J connectivity index is 1.02. The number of imidazole rings is 1. The van der Waals surface area contributed by atoms with Crippen LogP contribution in [0, 0.1) is 5.41 Å². The van der Waals surface area contributed by atoms with Gasteiger partial charge in [-0.15, -0.1) is 0 Å². The van der Waals surface area contributed by atoms with Crippen LogP contribution in [0.25, 0.3) is 33.5 Å². The first-order chi connectivity index (χ1) is 21.2. The molecular formula is C39H42N4. The van der Waals surface area contributed by atoms with Crippen molar-refractivity contribution in [1.29, 1.82) is 0 Å². The van der Waals surface area contributed by atoms with E-state index in [1.165, 1.54) is 128 Å². The van der Waals surface area contributed by atoms with Gasteiger partial charge in [0, 0.05) is 29.7 Å². The quantitative estimate of drug-likeness (QED) is 0.253. The maximum Gasteiger partial charge on any atom is 0.109 e. The van der Waals surface area contributed by atoms with Crippen LogP contribution in [0.4, 0.5) is 5.69 Å². The Hall–Kier alpha value is -3.50. The first kappa shape index (κ1) is 25.9. The summed E-state index contributed by atoms with van der Waals surface area (Å²) in [4.78, 5) is 13.6. The number of nitrogens with one attached hydrogen (secondary N) is 2. The van der Waals surface area contributed by atoms with Gasteiger partial charge >= 0.3 is 0 Å². The van der Waals surface area contributed by atoms with Crippen LogP contribution >= 0.6 is 0 Å². The number of aromatic amines is 1. The van der Waals surface area contributed by atoms with Crippen LogP contribution in [-0.2, 0) is 19.3 Å². The molecule has 0 amide bonds. The van der Waals surface area contributed by atoms with E-state index in [0.29, 0.717) is 17.4 Å². The average molecular weight is 567 g/mol. The lowest BCUT2D eigenvalue weighted by Crippen LogP contribution is -2.30. The second-order valence-corrected chi connectivity index (χ2v) is 14.2. The normalized spacial score (nSPS) is 22.4. The summed E-state index contributed by atoms with van der Waals surface area (Å²) in [6.07, 6.45) is 18.8. The van der Waals surface area contributed by atoms with Crippen molar-refractivity contribution < 1.29 is 0 Å². The molecule has 0 unspecified atom stereocenters. The summed E-state index contributed by atoms with van der Waals surface area (Å²) in [5.41, 5.74) is 15.5. The van der Waals surface area contributed by atoms with E-state index in [4.69, 9.17) is 9.98 Å². The van der Waals surface area contributed by atoms with Gasteiger partial charge in [-0.1, -0.05) is 68.1 Å². The first-order valence-corrected chi connectivity index (χ1v) is 17.0. The van der Waals surface area contributed by atoms with Gasteiger partial charge in [0.25, 0.3) is 0 Å². The summed E-state index contributed by atoms with van der Waals surface area (Å²) >= 11 is 0. The van der Waals surface area contributed by atoms with Gasteiger partial charge in [0.2, 0.25) is 0 Å². The number of aromatic nitrogens is 2. The van der Waals surface area contributed by atoms with E-state index in [1.54, 1.807) is 11.1 Å². The highest BCUT2D eigenvalue weighted by atomic mass is 15.0. The van der Waals surface area contributed by atoms with E-state index in [-0.39, 0.29) is 0 Å². The highest BCUT2D eigenvalue weighted by Crippen LogP contribution is 2.53. The van der Waals surface area contributed by atoms with Gasteiger partial charge in [-0.25, -0.2) is 4.98 Å². The predicted octanol–water partition coefficient (Wildman–Crippen LogP) is 9.11. The Morgan fingerprint density at radius 2 is 1.47 bits per heavy atom. The summed E-state index contributed by atoms with van der Waals surface area (Å²) in [7, 11) is 0. The van der Waals surface area contributed by atoms with Crippen molar-refractivity contribution in [3.05, 3.63) is 83.3 Å². The number of hydrogen-bond acceptors (Lipinski definition) is 3. The fraction of sp³-hybridized carbons (Fsp3) is 0.436. The minimum Gasteiger partial charge on any atom is -0.342 e. The molecule has 2 N–H and O–H groups in total. The maximum atomic E-state index is 4.98. The lowest BCUT2D eigenvalue weighted by Gasteiger charge is -2.22. The van der Waals surface area contributed by atoms with Crippen LogP contribution in [0.2, 0.25) is 0 Å². The molecule has 3 fully saturated rings. The summed E-state index contributed by atoms with van der Waals surface area (Å²) in [6, 6.07) is 21.5. The summed E-state index contributed by atoms with van der Waals surface area (Å²) in [5, 5.41) is 3.62. The van der Waals surface area contributed by atoms with E-state index in [1.807, 2.05) is 0 Å². The number of fused-ring (bicyclic) bond motifs is 2. The van der Waals surface area contributed by atoms with Crippen molar-refractivity contribution >= 4 is 11.4 Å². The molecule has 1 spiro atoms. The van der Waals surface area contributed by atoms with Crippen LogP contribution in [0.15, 0.2) is 65.8 Å². The molecule has 9 rings (SSSR count). The molecule has 5 aliphatic rings. The fourth-order valence-electron chi connectivity index (χ4n) is 9.21. The van der Waals surface area contributed by atoms with Gasteiger partial charge in [0.15, 0.2) is 0 Å². The van der Waals surface area contributed by atoms with Crippen molar-refractivity contribution in [3.63, 3.8) is 0 Å². The van der Waals surface area contributed by atoms with Crippen molar-refractivity contribution in [2.75, 3.05) is 6.54 Å². The van der Waals surface area contributed by atoms with E-state index >= 15 is 0 Å². The lowest BCUT2D eigenvalue weighted by molar-refractivity contribution is 0.318. The highest BCUT2D eigenvalue weighted by molar-refractivity contribution is 5.98. The maximum absolute atomic E-state index is 4.98. The fourth-order valence-corrected chi connectivity index (χ4v) is 9.21. The Labute approximate surface area is 255 Å². The molecule has 4 nitrogen and oxygen atoms in total. The molecule has 3 heterocycles.